The number of carbonyl (C=O) groups excluding carboxylic acids is 4. The van der Waals surface area contributed by atoms with Crippen molar-refractivity contribution in [3.05, 3.63) is 29.8 Å². The maximum atomic E-state index is 13.6. The van der Waals surface area contributed by atoms with Crippen molar-refractivity contribution in [2.45, 2.75) is 89.5 Å². The number of nitrogens with one attached hydrogen (secondary N) is 2. The number of benzene rings is 1. The zero-order chi connectivity index (χ0) is 26.0. The summed E-state index contributed by atoms with van der Waals surface area (Å²) in [6.07, 6.45) is 4.22. The largest absolute Gasteiger partial charge is 0.508 e. The molecule has 8 nitrogen and oxygen atoms in total. The fourth-order valence-corrected chi connectivity index (χ4v) is 4.94. The van der Waals surface area contributed by atoms with Crippen LogP contribution in [0.2, 0.25) is 0 Å². The Balaban J connectivity index is 2.22. The van der Waals surface area contributed by atoms with E-state index in [-0.39, 0.29) is 35.7 Å². The molecule has 0 spiro atoms. The average molecular weight is 507 g/mol. The van der Waals surface area contributed by atoms with Crippen molar-refractivity contribution < 1.29 is 29.0 Å². The zero-order valence-corrected chi connectivity index (χ0v) is 21.9. The summed E-state index contributed by atoms with van der Waals surface area (Å²) < 4.78 is 5.40. The Hall–Kier alpha value is -2.55. The van der Waals surface area contributed by atoms with E-state index in [9.17, 15) is 24.3 Å². The quantitative estimate of drug-likeness (QED) is 0.293. The predicted molar refractivity (Wildman–Crippen MR) is 136 cm³/mol. The summed E-state index contributed by atoms with van der Waals surface area (Å²) in [5, 5.41) is 14.6. The monoisotopic (exact) mass is 506 g/mol. The number of phenolic OH excluding ortho intramolecular Hbond substituents is 1. The van der Waals surface area contributed by atoms with Gasteiger partial charge in [0.05, 0.1) is 11.9 Å². The molecule has 0 bridgehead atoms. The van der Waals surface area contributed by atoms with Crippen LogP contribution in [0.15, 0.2) is 24.3 Å². The summed E-state index contributed by atoms with van der Waals surface area (Å²) >= 11 is 0.965. The third-order valence-corrected chi connectivity index (χ3v) is 7.46. The number of phenols is 1. The molecular formula is C26H38N2O6S. The lowest BCUT2D eigenvalue weighted by atomic mass is 9.94. The Bertz CT molecular complexity index is 880. The number of unbranched alkanes of at least 4 members (excludes halogenated alkanes) is 1. The van der Waals surface area contributed by atoms with Gasteiger partial charge in [0.2, 0.25) is 11.8 Å². The van der Waals surface area contributed by atoms with E-state index in [0.717, 1.165) is 43.0 Å². The van der Waals surface area contributed by atoms with Gasteiger partial charge in [-0.05, 0) is 42.9 Å². The van der Waals surface area contributed by atoms with Crippen molar-refractivity contribution in [2.24, 2.45) is 5.92 Å². The number of ether oxygens (including phenoxy) is 1. The SMILES string of the molecule is CCCCOC(=O)[C@H](Cc1ccc(O)cc1)NC(=O)C1(NC(=O)[C@H](SC(C)=O)C(C)C)CCCC1. The standard InChI is InChI=1S/C26H38N2O6S/c1-5-6-15-34-24(32)21(16-19-9-11-20(30)12-10-19)27-25(33)26(13-7-8-14-26)28-23(31)22(17(2)3)35-18(4)29/h9-12,17,21-22,30H,5-8,13-16H2,1-4H3,(H,27,33)(H,28,31)/t21-,22+/m0/s1. The van der Waals surface area contributed by atoms with Gasteiger partial charge in [-0.2, -0.15) is 0 Å². The van der Waals surface area contributed by atoms with Crippen LogP contribution >= 0.6 is 11.8 Å². The third-order valence-electron chi connectivity index (χ3n) is 6.12. The molecular weight excluding hydrogens is 468 g/mol. The molecule has 0 unspecified atom stereocenters. The molecule has 1 fully saturated rings. The molecule has 1 aromatic rings. The van der Waals surface area contributed by atoms with Gasteiger partial charge in [0.25, 0.3) is 0 Å². The Labute approximate surface area is 212 Å². The molecule has 0 saturated heterocycles. The summed E-state index contributed by atoms with van der Waals surface area (Å²) in [4.78, 5) is 51.2. The van der Waals surface area contributed by atoms with Crippen molar-refractivity contribution >= 4 is 34.7 Å². The Kier molecular flexibility index (Phi) is 11.1. The van der Waals surface area contributed by atoms with E-state index in [1.165, 1.54) is 19.1 Å². The fraction of sp³-hybridized carbons (Fsp3) is 0.615. The zero-order valence-electron chi connectivity index (χ0n) is 21.1. The number of rotatable bonds is 12. The first-order chi connectivity index (χ1) is 16.6. The van der Waals surface area contributed by atoms with Crippen LogP contribution in [0, 0.1) is 5.92 Å². The van der Waals surface area contributed by atoms with E-state index >= 15 is 0 Å². The molecule has 0 aromatic heterocycles. The third kappa shape index (κ3) is 8.56. The lowest BCUT2D eigenvalue weighted by Gasteiger charge is -2.33. The van der Waals surface area contributed by atoms with Crippen LogP contribution in [0.5, 0.6) is 5.75 Å². The second-order valence-electron chi connectivity index (χ2n) is 9.47. The molecule has 1 aromatic carbocycles. The lowest BCUT2D eigenvalue weighted by Crippen LogP contribution is -2.61. The minimum absolute atomic E-state index is 0.0961. The highest BCUT2D eigenvalue weighted by Crippen LogP contribution is 2.32. The molecule has 1 aliphatic rings. The molecule has 2 rings (SSSR count). The van der Waals surface area contributed by atoms with Gasteiger partial charge in [0, 0.05) is 13.3 Å². The van der Waals surface area contributed by atoms with Gasteiger partial charge in [0.1, 0.15) is 17.3 Å². The number of hydrogen-bond donors (Lipinski definition) is 3. The van der Waals surface area contributed by atoms with E-state index < -0.39 is 28.7 Å². The molecule has 9 heteroatoms. The summed E-state index contributed by atoms with van der Waals surface area (Å²) in [6.45, 7) is 7.40. The molecule has 0 aliphatic heterocycles. The highest BCUT2D eigenvalue weighted by molar-refractivity contribution is 8.14. The van der Waals surface area contributed by atoms with E-state index in [0.29, 0.717) is 12.8 Å². The van der Waals surface area contributed by atoms with E-state index in [1.54, 1.807) is 12.1 Å². The van der Waals surface area contributed by atoms with Crippen molar-refractivity contribution in [1.29, 1.82) is 0 Å². The molecule has 0 radical (unpaired) electrons. The van der Waals surface area contributed by atoms with Gasteiger partial charge in [0.15, 0.2) is 5.12 Å². The normalized spacial score (nSPS) is 16.4. The van der Waals surface area contributed by atoms with Crippen LogP contribution in [0.1, 0.15) is 71.8 Å². The lowest BCUT2D eigenvalue weighted by molar-refractivity contribution is -0.149. The van der Waals surface area contributed by atoms with Crippen molar-refractivity contribution in [1.82, 2.24) is 10.6 Å². The topological polar surface area (TPSA) is 122 Å². The van der Waals surface area contributed by atoms with Crippen LogP contribution in [0.25, 0.3) is 0 Å². The number of amides is 2. The molecule has 194 valence electrons. The Morgan fingerprint density at radius 3 is 2.29 bits per heavy atom. The van der Waals surface area contributed by atoms with Crippen molar-refractivity contribution in [3.63, 3.8) is 0 Å². The molecule has 2 amide bonds. The molecule has 3 N–H and O–H groups in total. The van der Waals surface area contributed by atoms with Crippen molar-refractivity contribution in [3.8, 4) is 5.75 Å². The second-order valence-corrected chi connectivity index (χ2v) is 10.8. The first-order valence-corrected chi connectivity index (χ1v) is 13.2. The van der Waals surface area contributed by atoms with Gasteiger partial charge in [-0.25, -0.2) is 4.79 Å². The van der Waals surface area contributed by atoms with E-state index in [1.807, 2.05) is 20.8 Å². The fourth-order valence-electron chi connectivity index (χ4n) is 4.14. The summed E-state index contributed by atoms with van der Waals surface area (Å²) in [5.74, 6) is -1.30. The van der Waals surface area contributed by atoms with E-state index in [4.69, 9.17) is 4.74 Å². The number of hydrogen-bond acceptors (Lipinski definition) is 7. The number of aromatic hydroxyl groups is 1. The van der Waals surface area contributed by atoms with Gasteiger partial charge >= 0.3 is 5.97 Å². The average Bonchev–Trinajstić information content (AvgIpc) is 3.27. The smallest absolute Gasteiger partial charge is 0.328 e. The maximum absolute atomic E-state index is 13.6. The summed E-state index contributed by atoms with van der Waals surface area (Å²) in [6, 6.07) is 5.48. The second kappa shape index (κ2) is 13.5. The van der Waals surface area contributed by atoms with Crippen LogP contribution in [-0.2, 0) is 30.3 Å². The first-order valence-electron chi connectivity index (χ1n) is 12.3. The number of thioether (sulfide) groups is 1. The molecule has 1 aliphatic carbocycles. The minimum Gasteiger partial charge on any atom is -0.508 e. The van der Waals surface area contributed by atoms with Gasteiger partial charge < -0.3 is 20.5 Å². The molecule has 0 heterocycles. The van der Waals surface area contributed by atoms with Crippen LogP contribution < -0.4 is 10.6 Å². The Morgan fingerprint density at radius 1 is 1.11 bits per heavy atom. The van der Waals surface area contributed by atoms with Crippen LogP contribution in [0.3, 0.4) is 0 Å². The van der Waals surface area contributed by atoms with Gasteiger partial charge in [-0.1, -0.05) is 63.9 Å². The highest BCUT2D eigenvalue weighted by Gasteiger charge is 2.45. The predicted octanol–water partition coefficient (Wildman–Crippen LogP) is 3.50. The summed E-state index contributed by atoms with van der Waals surface area (Å²) in [5.41, 5.74) is -0.388. The minimum atomic E-state index is -1.14. The Morgan fingerprint density at radius 2 is 1.74 bits per heavy atom. The summed E-state index contributed by atoms with van der Waals surface area (Å²) in [7, 11) is 0. The maximum Gasteiger partial charge on any atom is 0.328 e. The van der Waals surface area contributed by atoms with Crippen molar-refractivity contribution in [2.75, 3.05) is 6.61 Å². The number of carbonyl (C=O) groups is 4. The molecule has 1 saturated carbocycles. The molecule has 2 atom stereocenters. The van der Waals surface area contributed by atoms with Crippen LogP contribution in [0.4, 0.5) is 0 Å². The first kappa shape index (κ1) is 28.7. The van der Waals surface area contributed by atoms with E-state index in [2.05, 4.69) is 10.6 Å². The molecule has 35 heavy (non-hydrogen) atoms. The highest BCUT2D eigenvalue weighted by atomic mass is 32.2. The van der Waals surface area contributed by atoms with Gasteiger partial charge in [-0.3, -0.25) is 14.4 Å². The van der Waals surface area contributed by atoms with Gasteiger partial charge in [-0.15, -0.1) is 0 Å². The number of esters is 1. The van der Waals surface area contributed by atoms with Crippen LogP contribution in [-0.4, -0.2) is 51.4 Å².